The van der Waals surface area contributed by atoms with Crippen molar-refractivity contribution in [2.45, 2.75) is 32.4 Å². The summed E-state index contributed by atoms with van der Waals surface area (Å²) in [4.78, 5) is 25.1. The van der Waals surface area contributed by atoms with E-state index in [0.717, 1.165) is 44.5 Å². The summed E-state index contributed by atoms with van der Waals surface area (Å²) in [7, 11) is 1.67. The molecule has 1 aliphatic heterocycles. The molecule has 0 unspecified atom stereocenters. The number of fused-ring (bicyclic) bond motifs is 1. The molecule has 2 heterocycles. The normalized spacial score (nSPS) is 15.5. The second-order valence-corrected chi connectivity index (χ2v) is 7.79. The predicted octanol–water partition coefficient (Wildman–Crippen LogP) is 3.81. The lowest BCUT2D eigenvalue weighted by Crippen LogP contribution is -2.37. The van der Waals surface area contributed by atoms with Crippen LogP contribution < -0.4 is 10.5 Å². The molecule has 1 aliphatic rings. The number of aromatic nitrogens is 1. The molecule has 0 atom stereocenters. The SMILES string of the molecule is COc1ccc(CCC2CCN(Cn3c(=O)oc4ccc([N+](=O)[O-])cc43)CC2)cc1. The van der Waals surface area contributed by atoms with Gasteiger partial charge < -0.3 is 9.15 Å². The maximum Gasteiger partial charge on any atom is 0.421 e. The number of nitrogens with zero attached hydrogens (tertiary/aromatic N) is 3. The van der Waals surface area contributed by atoms with Gasteiger partial charge in [0.1, 0.15) is 5.75 Å². The molecule has 0 amide bonds. The highest BCUT2D eigenvalue weighted by atomic mass is 16.6. The number of benzene rings is 2. The molecule has 0 bridgehead atoms. The third-order valence-corrected chi connectivity index (χ3v) is 5.91. The van der Waals surface area contributed by atoms with Crippen LogP contribution in [0.3, 0.4) is 0 Å². The van der Waals surface area contributed by atoms with E-state index >= 15 is 0 Å². The molecule has 0 spiro atoms. The number of likely N-dealkylation sites (tertiary alicyclic amines) is 1. The van der Waals surface area contributed by atoms with Gasteiger partial charge in [-0.1, -0.05) is 12.1 Å². The summed E-state index contributed by atoms with van der Waals surface area (Å²) in [6, 6.07) is 12.5. The van der Waals surface area contributed by atoms with E-state index in [1.54, 1.807) is 7.11 Å². The van der Waals surface area contributed by atoms with Crippen LogP contribution >= 0.6 is 0 Å². The second-order valence-electron chi connectivity index (χ2n) is 7.79. The first-order chi connectivity index (χ1) is 14.5. The van der Waals surface area contributed by atoms with E-state index in [0.29, 0.717) is 23.7 Å². The molecule has 8 nitrogen and oxygen atoms in total. The Bertz CT molecular complexity index is 1080. The van der Waals surface area contributed by atoms with Gasteiger partial charge in [-0.25, -0.2) is 4.79 Å². The van der Waals surface area contributed by atoms with Gasteiger partial charge in [-0.05, 0) is 55.4 Å². The van der Waals surface area contributed by atoms with Crippen molar-refractivity contribution in [2.24, 2.45) is 5.92 Å². The van der Waals surface area contributed by atoms with Crippen molar-refractivity contribution in [2.75, 3.05) is 20.2 Å². The van der Waals surface area contributed by atoms with Crippen LogP contribution in [-0.4, -0.2) is 34.6 Å². The summed E-state index contributed by atoms with van der Waals surface area (Å²) >= 11 is 0. The number of nitro groups is 1. The van der Waals surface area contributed by atoms with Gasteiger partial charge in [-0.15, -0.1) is 0 Å². The highest BCUT2D eigenvalue weighted by Gasteiger charge is 2.22. The summed E-state index contributed by atoms with van der Waals surface area (Å²) in [6.07, 6.45) is 4.33. The molecule has 8 heteroatoms. The Hall–Kier alpha value is -3.13. The summed E-state index contributed by atoms with van der Waals surface area (Å²) in [5.41, 5.74) is 2.11. The fourth-order valence-electron chi connectivity index (χ4n) is 4.08. The van der Waals surface area contributed by atoms with Gasteiger partial charge in [0.2, 0.25) is 0 Å². The van der Waals surface area contributed by atoms with Crippen LogP contribution in [0.1, 0.15) is 24.8 Å². The molecule has 0 aliphatic carbocycles. The number of nitro benzene ring substituents is 1. The molecule has 3 aromatic rings. The Kier molecular flexibility index (Phi) is 5.85. The summed E-state index contributed by atoms with van der Waals surface area (Å²) in [5.74, 6) is 1.05. The third-order valence-electron chi connectivity index (χ3n) is 5.91. The number of methoxy groups -OCH3 is 1. The van der Waals surface area contributed by atoms with E-state index in [4.69, 9.17) is 9.15 Å². The van der Waals surface area contributed by atoms with Crippen LogP contribution in [-0.2, 0) is 13.1 Å². The average molecular weight is 411 g/mol. The van der Waals surface area contributed by atoms with Crippen molar-refractivity contribution >= 4 is 16.8 Å². The van der Waals surface area contributed by atoms with Crippen LogP contribution in [0.15, 0.2) is 51.7 Å². The molecule has 2 aromatic carbocycles. The molecule has 30 heavy (non-hydrogen) atoms. The first-order valence-electron chi connectivity index (χ1n) is 10.2. The number of hydrogen-bond acceptors (Lipinski definition) is 6. The lowest BCUT2D eigenvalue weighted by atomic mass is 9.90. The zero-order valence-electron chi connectivity index (χ0n) is 17.0. The maximum absolute atomic E-state index is 12.3. The molecule has 1 fully saturated rings. The van der Waals surface area contributed by atoms with E-state index < -0.39 is 10.7 Å². The van der Waals surface area contributed by atoms with Gasteiger partial charge in [0, 0.05) is 25.2 Å². The van der Waals surface area contributed by atoms with Gasteiger partial charge in [-0.2, -0.15) is 0 Å². The molecule has 158 valence electrons. The van der Waals surface area contributed by atoms with Crippen molar-refractivity contribution in [3.8, 4) is 5.75 Å². The topological polar surface area (TPSA) is 90.8 Å². The summed E-state index contributed by atoms with van der Waals surface area (Å²) in [5, 5.41) is 11.1. The summed E-state index contributed by atoms with van der Waals surface area (Å²) in [6.45, 7) is 2.17. The Labute approximate surface area is 173 Å². The highest BCUT2D eigenvalue weighted by molar-refractivity contribution is 5.75. The van der Waals surface area contributed by atoms with E-state index in [1.807, 2.05) is 12.1 Å². The smallest absolute Gasteiger partial charge is 0.421 e. The fraction of sp³-hybridized carbons (Fsp3) is 0.409. The fourth-order valence-corrected chi connectivity index (χ4v) is 4.08. The number of piperidine rings is 1. The molecule has 1 aromatic heterocycles. The van der Waals surface area contributed by atoms with E-state index in [1.165, 1.54) is 28.3 Å². The first kappa shape index (κ1) is 20.2. The highest BCUT2D eigenvalue weighted by Crippen LogP contribution is 2.25. The number of ether oxygens (including phenoxy) is 1. The van der Waals surface area contributed by atoms with E-state index in [-0.39, 0.29) is 5.69 Å². The first-order valence-corrected chi connectivity index (χ1v) is 10.2. The van der Waals surface area contributed by atoms with Gasteiger partial charge in [0.25, 0.3) is 5.69 Å². The standard InChI is InChI=1S/C22H25N3O5/c1-29-19-7-4-16(5-8-19)2-3-17-10-12-23(13-11-17)15-24-20-14-18(25(27)28)6-9-21(20)30-22(24)26/h4-9,14,17H,2-3,10-13,15H2,1H3. The van der Waals surface area contributed by atoms with Crippen molar-refractivity contribution < 1.29 is 14.1 Å². The second kappa shape index (κ2) is 8.71. The average Bonchev–Trinajstić information content (AvgIpc) is 3.08. The molecular formula is C22H25N3O5. The number of non-ortho nitro benzene ring substituents is 1. The van der Waals surface area contributed by atoms with Crippen LogP contribution in [0.2, 0.25) is 0 Å². The van der Waals surface area contributed by atoms with Crippen molar-refractivity contribution in [3.63, 3.8) is 0 Å². The van der Waals surface area contributed by atoms with Crippen LogP contribution in [0, 0.1) is 16.0 Å². The maximum atomic E-state index is 12.3. The number of aryl methyl sites for hydroxylation is 1. The zero-order chi connectivity index (χ0) is 21.1. The Balaban J connectivity index is 1.34. The predicted molar refractivity (Wildman–Crippen MR) is 113 cm³/mol. The zero-order valence-corrected chi connectivity index (χ0v) is 17.0. The molecule has 4 rings (SSSR count). The number of oxazole rings is 1. The van der Waals surface area contributed by atoms with Crippen molar-refractivity contribution in [1.82, 2.24) is 9.47 Å². The van der Waals surface area contributed by atoms with Gasteiger partial charge in [0.05, 0.1) is 24.2 Å². The lowest BCUT2D eigenvalue weighted by Gasteiger charge is -2.31. The third kappa shape index (κ3) is 4.38. The van der Waals surface area contributed by atoms with Crippen LogP contribution in [0.4, 0.5) is 5.69 Å². The molecule has 1 saturated heterocycles. The Morgan fingerprint density at radius 2 is 1.90 bits per heavy atom. The van der Waals surface area contributed by atoms with E-state index in [9.17, 15) is 14.9 Å². The van der Waals surface area contributed by atoms with Gasteiger partial charge in [-0.3, -0.25) is 19.6 Å². The van der Waals surface area contributed by atoms with Crippen molar-refractivity contribution in [3.05, 3.63) is 68.7 Å². The molecular weight excluding hydrogens is 386 g/mol. The Morgan fingerprint density at radius 1 is 1.17 bits per heavy atom. The number of hydrogen-bond donors (Lipinski definition) is 0. The quantitative estimate of drug-likeness (QED) is 0.434. The largest absolute Gasteiger partial charge is 0.497 e. The monoisotopic (exact) mass is 411 g/mol. The lowest BCUT2D eigenvalue weighted by molar-refractivity contribution is -0.384. The minimum atomic E-state index is -0.480. The summed E-state index contributed by atoms with van der Waals surface area (Å²) < 4.78 is 11.9. The van der Waals surface area contributed by atoms with Crippen molar-refractivity contribution in [1.29, 1.82) is 0 Å². The minimum absolute atomic E-state index is 0.0470. The molecule has 0 N–H and O–H groups in total. The van der Waals surface area contributed by atoms with Crippen LogP contribution in [0.5, 0.6) is 5.75 Å². The Morgan fingerprint density at radius 3 is 2.57 bits per heavy atom. The molecule has 0 saturated carbocycles. The molecule has 0 radical (unpaired) electrons. The number of rotatable bonds is 7. The minimum Gasteiger partial charge on any atom is -0.497 e. The van der Waals surface area contributed by atoms with E-state index in [2.05, 4.69) is 17.0 Å². The van der Waals surface area contributed by atoms with Gasteiger partial charge in [0.15, 0.2) is 5.58 Å². The van der Waals surface area contributed by atoms with Gasteiger partial charge >= 0.3 is 5.76 Å². The van der Waals surface area contributed by atoms with Crippen LogP contribution in [0.25, 0.3) is 11.1 Å².